The van der Waals surface area contributed by atoms with E-state index in [0.717, 1.165) is 29.7 Å². The number of benzene rings is 2. The normalized spacial score (nSPS) is 15.5. The molecule has 0 aromatic heterocycles. The van der Waals surface area contributed by atoms with Crippen LogP contribution in [-0.4, -0.2) is 64.8 Å². The summed E-state index contributed by atoms with van der Waals surface area (Å²) in [5.41, 5.74) is 2.71. The van der Waals surface area contributed by atoms with Crippen molar-refractivity contribution in [1.29, 1.82) is 0 Å². The Balaban J connectivity index is 1.70. The number of methoxy groups -OCH3 is 1. The van der Waals surface area contributed by atoms with Gasteiger partial charge in [-0.05, 0) is 55.3 Å². The summed E-state index contributed by atoms with van der Waals surface area (Å²) in [6.07, 6.45) is 2.01. The number of carbonyl (C=O) groups is 1. The third kappa shape index (κ3) is 5.31. The van der Waals surface area contributed by atoms with Crippen LogP contribution < -0.4 is 13.9 Å². The SMILES string of the molecule is CCc1ccc(N([C@@H](C)C(=O)N2CCN(c3ccc(OC)cc3)CC2)S(C)(=O)=O)cc1. The number of hydrogen-bond donors (Lipinski definition) is 0. The maximum atomic E-state index is 13.2. The van der Waals surface area contributed by atoms with Crippen molar-refractivity contribution in [2.24, 2.45) is 0 Å². The summed E-state index contributed by atoms with van der Waals surface area (Å²) < 4.78 is 31.5. The van der Waals surface area contributed by atoms with Gasteiger partial charge in [-0.2, -0.15) is 0 Å². The van der Waals surface area contributed by atoms with Crippen LogP contribution in [0.4, 0.5) is 11.4 Å². The number of ether oxygens (including phenoxy) is 1. The van der Waals surface area contributed by atoms with Gasteiger partial charge in [-0.3, -0.25) is 9.10 Å². The molecule has 2 aromatic carbocycles. The lowest BCUT2D eigenvalue weighted by Crippen LogP contribution is -2.55. The van der Waals surface area contributed by atoms with E-state index in [9.17, 15) is 13.2 Å². The molecule has 1 fully saturated rings. The Morgan fingerprint density at radius 3 is 2.10 bits per heavy atom. The van der Waals surface area contributed by atoms with Crippen LogP contribution in [0.5, 0.6) is 5.75 Å². The quantitative estimate of drug-likeness (QED) is 0.656. The van der Waals surface area contributed by atoms with Gasteiger partial charge in [0.05, 0.1) is 19.1 Å². The molecule has 0 spiro atoms. The highest BCUT2D eigenvalue weighted by molar-refractivity contribution is 7.92. The van der Waals surface area contributed by atoms with Crippen LogP contribution in [0.3, 0.4) is 0 Å². The minimum atomic E-state index is -3.62. The molecule has 0 aliphatic carbocycles. The molecule has 1 atom stereocenters. The number of hydrogen-bond acceptors (Lipinski definition) is 5. The summed E-state index contributed by atoms with van der Waals surface area (Å²) in [6.45, 7) is 6.17. The lowest BCUT2D eigenvalue weighted by Gasteiger charge is -2.39. The van der Waals surface area contributed by atoms with Crippen molar-refractivity contribution in [3.05, 3.63) is 54.1 Å². The van der Waals surface area contributed by atoms with E-state index in [1.54, 1.807) is 31.1 Å². The van der Waals surface area contributed by atoms with Crippen LogP contribution >= 0.6 is 0 Å². The molecule has 0 radical (unpaired) electrons. The Hall–Kier alpha value is -2.74. The van der Waals surface area contributed by atoms with Crippen LogP contribution in [0.25, 0.3) is 0 Å². The van der Waals surface area contributed by atoms with E-state index in [2.05, 4.69) is 4.90 Å². The van der Waals surface area contributed by atoms with Crippen LogP contribution in [0.1, 0.15) is 19.4 Å². The van der Waals surface area contributed by atoms with E-state index in [-0.39, 0.29) is 5.91 Å². The highest BCUT2D eigenvalue weighted by Gasteiger charge is 2.33. The molecule has 0 bridgehead atoms. The minimum Gasteiger partial charge on any atom is -0.497 e. The highest BCUT2D eigenvalue weighted by Crippen LogP contribution is 2.24. The predicted molar refractivity (Wildman–Crippen MR) is 124 cm³/mol. The smallest absolute Gasteiger partial charge is 0.246 e. The molecule has 168 valence electrons. The summed E-state index contributed by atoms with van der Waals surface area (Å²) in [5.74, 6) is 0.624. The molecule has 3 rings (SSSR count). The summed E-state index contributed by atoms with van der Waals surface area (Å²) in [5, 5.41) is 0. The lowest BCUT2D eigenvalue weighted by atomic mass is 10.1. The molecule has 1 saturated heterocycles. The largest absolute Gasteiger partial charge is 0.497 e. The van der Waals surface area contributed by atoms with Crippen LogP contribution in [0, 0.1) is 0 Å². The lowest BCUT2D eigenvalue weighted by molar-refractivity contribution is -0.132. The maximum Gasteiger partial charge on any atom is 0.246 e. The third-order valence-electron chi connectivity index (χ3n) is 5.69. The monoisotopic (exact) mass is 445 g/mol. The fourth-order valence-corrected chi connectivity index (χ4v) is 5.09. The summed E-state index contributed by atoms with van der Waals surface area (Å²) in [4.78, 5) is 17.2. The van der Waals surface area contributed by atoms with E-state index in [1.165, 1.54) is 4.31 Å². The van der Waals surface area contributed by atoms with Crippen LogP contribution in [-0.2, 0) is 21.2 Å². The first-order valence-electron chi connectivity index (χ1n) is 10.5. The van der Waals surface area contributed by atoms with Gasteiger partial charge < -0.3 is 14.5 Å². The molecular weight excluding hydrogens is 414 g/mol. The molecule has 1 heterocycles. The number of piperazine rings is 1. The van der Waals surface area contributed by atoms with Gasteiger partial charge in [0, 0.05) is 31.9 Å². The van der Waals surface area contributed by atoms with Crippen LogP contribution in [0.15, 0.2) is 48.5 Å². The zero-order chi connectivity index (χ0) is 22.6. The van der Waals surface area contributed by atoms with Crippen molar-refractivity contribution in [3.63, 3.8) is 0 Å². The summed E-state index contributed by atoms with van der Waals surface area (Å²) in [7, 11) is -1.98. The molecule has 0 saturated carbocycles. The van der Waals surface area contributed by atoms with Crippen molar-refractivity contribution >= 4 is 27.3 Å². The second kappa shape index (κ2) is 9.60. The summed E-state index contributed by atoms with van der Waals surface area (Å²) >= 11 is 0. The van der Waals surface area contributed by atoms with Gasteiger partial charge in [-0.25, -0.2) is 8.42 Å². The average molecular weight is 446 g/mol. The Labute approximate surface area is 185 Å². The van der Waals surface area contributed by atoms with E-state index < -0.39 is 16.1 Å². The number of aryl methyl sites for hydroxylation is 1. The molecule has 31 heavy (non-hydrogen) atoms. The summed E-state index contributed by atoms with van der Waals surface area (Å²) in [6, 6.07) is 14.4. The molecule has 7 nitrogen and oxygen atoms in total. The Kier molecular flexibility index (Phi) is 7.10. The molecular formula is C23H31N3O4S. The molecule has 0 unspecified atom stereocenters. The third-order valence-corrected chi connectivity index (χ3v) is 6.94. The Bertz CT molecular complexity index is 982. The van der Waals surface area contributed by atoms with E-state index in [4.69, 9.17) is 4.74 Å². The van der Waals surface area contributed by atoms with Gasteiger partial charge in [-0.15, -0.1) is 0 Å². The van der Waals surface area contributed by atoms with Crippen molar-refractivity contribution < 1.29 is 17.9 Å². The average Bonchev–Trinajstić information content (AvgIpc) is 2.78. The predicted octanol–water partition coefficient (Wildman–Crippen LogP) is 2.76. The van der Waals surface area contributed by atoms with Gasteiger partial charge in [0.25, 0.3) is 0 Å². The Morgan fingerprint density at radius 1 is 1.03 bits per heavy atom. The van der Waals surface area contributed by atoms with Crippen molar-refractivity contribution in [2.45, 2.75) is 26.3 Å². The molecule has 8 heteroatoms. The van der Waals surface area contributed by atoms with Gasteiger partial charge in [-0.1, -0.05) is 19.1 Å². The molecule has 2 aromatic rings. The van der Waals surface area contributed by atoms with Crippen molar-refractivity contribution in [2.75, 3.05) is 48.7 Å². The first-order valence-corrected chi connectivity index (χ1v) is 12.4. The maximum absolute atomic E-state index is 13.2. The number of nitrogens with zero attached hydrogens (tertiary/aromatic N) is 3. The first kappa shape index (κ1) is 22.9. The molecule has 0 N–H and O–H groups in total. The second-order valence-corrected chi connectivity index (χ2v) is 9.62. The van der Waals surface area contributed by atoms with Gasteiger partial charge in [0.2, 0.25) is 15.9 Å². The standard InChI is InChI=1S/C23H31N3O4S/c1-5-19-6-8-21(9-7-19)26(31(4,28)29)18(2)23(27)25-16-14-24(15-17-25)20-10-12-22(30-3)13-11-20/h6-13,18H,5,14-17H2,1-4H3/t18-/m0/s1. The Morgan fingerprint density at radius 2 is 1.61 bits per heavy atom. The molecule has 1 aliphatic heterocycles. The van der Waals surface area contributed by atoms with Crippen molar-refractivity contribution in [1.82, 2.24) is 4.90 Å². The fraction of sp³-hybridized carbons (Fsp3) is 0.435. The van der Waals surface area contributed by atoms with Gasteiger partial charge in [0.1, 0.15) is 11.8 Å². The zero-order valence-electron chi connectivity index (χ0n) is 18.6. The van der Waals surface area contributed by atoms with E-state index in [0.29, 0.717) is 31.9 Å². The topological polar surface area (TPSA) is 70.2 Å². The minimum absolute atomic E-state index is 0.181. The molecule has 1 amide bonds. The first-order chi connectivity index (χ1) is 14.7. The van der Waals surface area contributed by atoms with E-state index >= 15 is 0 Å². The zero-order valence-corrected chi connectivity index (χ0v) is 19.4. The fourth-order valence-electron chi connectivity index (χ4n) is 3.92. The van der Waals surface area contributed by atoms with Gasteiger partial charge >= 0.3 is 0 Å². The molecule has 1 aliphatic rings. The van der Waals surface area contributed by atoms with E-state index in [1.807, 2.05) is 43.3 Å². The number of carbonyl (C=O) groups excluding carboxylic acids is 1. The van der Waals surface area contributed by atoms with Crippen LogP contribution in [0.2, 0.25) is 0 Å². The number of anilines is 2. The van der Waals surface area contributed by atoms with Gasteiger partial charge in [0.15, 0.2) is 0 Å². The second-order valence-electron chi connectivity index (χ2n) is 7.77. The number of amides is 1. The van der Waals surface area contributed by atoms with Crippen molar-refractivity contribution in [3.8, 4) is 5.75 Å². The number of rotatable bonds is 7. The highest BCUT2D eigenvalue weighted by atomic mass is 32.2. The number of sulfonamides is 1.